The van der Waals surface area contributed by atoms with Crippen molar-refractivity contribution < 1.29 is 38.5 Å². The molecule has 3 N–H and O–H groups in total. The average molecular weight is 625 g/mol. The van der Waals surface area contributed by atoms with E-state index in [1.165, 1.54) is 16.7 Å². The van der Waals surface area contributed by atoms with E-state index in [0.29, 0.717) is 39.5 Å². The molecule has 0 saturated carbocycles. The van der Waals surface area contributed by atoms with Crippen molar-refractivity contribution in [2.45, 2.75) is 46.7 Å². The lowest BCUT2D eigenvalue weighted by atomic mass is 10.0. The van der Waals surface area contributed by atoms with Gasteiger partial charge in [-0.05, 0) is 51.0 Å². The first-order valence-corrected chi connectivity index (χ1v) is 14.2. The predicted molar refractivity (Wildman–Crippen MR) is 172 cm³/mol. The molecule has 2 heterocycles. The first-order valence-electron chi connectivity index (χ1n) is 14.2. The molecule has 2 atom stereocenters. The molecular weight excluding hydrogens is 580 g/mol. The van der Waals surface area contributed by atoms with E-state index >= 15 is 0 Å². The molecule has 0 aromatic heterocycles. The van der Waals surface area contributed by atoms with Crippen LogP contribution in [0.1, 0.15) is 43.0 Å². The maximum atomic E-state index is 12.3. The number of nitrogens with zero attached hydrogens (tertiary/aromatic N) is 2. The highest BCUT2D eigenvalue weighted by atomic mass is 16.6. The molecule has 0 fully saturated rings. The lowest BCUT2D eigenvalue weighted by Gasteiger charge is -2.15. The number of ether oxygens (including phenoxy) is 3. The van der Waals surface area contributed by atoms with E-state index < -0.39 is 6.09 Å². The first-order chi connectivity index (χ1) is 21.0. The molecule has 2 aliphatic heterocycles. The Morgan fingerprint density at radius 2 is 1.18 bits per heavy atom. The minimum atomic E-state index is -0.526. The Morgan fingerprint density at radius 3 is 1.56 bits per heavy atom. The fourth-order valence-corrected chi connectivity index (χ4v) is 4.18. The van der Waals surface area contributed by atoms with Crippen LogP contribution >= 0.6 is 0 Å². The molecule has 45 heavy (non-hydrogen) atoms. The van der Waals surface area contributed by atoms with E-state index in [2.05, 4.69) is 10.6 Å². The van der Waals surface area contributed by atoms with Gasteiger partial charge in [-0.25, -0.2) is 4.79 Å². The highest BCUT2D eigenvalue weighted by Gasteiger charge is 2.35. The third-order valence-corrected chi connectivity index (χ3v) is 6.90. The second-order valence-corrected chi connectivity index (χ2v) is 11.0. The molecule has 12 heteroatoms. The number of rotatable bonds is 5. The summed E-state index contributed by atoms with van der Waals surface area (Å²) in [6.07, 6.45) is -0.526. The van der Waals surface area contributed by atoms with Crippen molar-refractivity contribution in [2.24, 2.45) is 0 Å². The molecule has 2 aromatic rings. The largest absolute Gasteiger partial charge is 0.509 e. The number of aliphatic hydroxyl groups is 1. The lowest BCUT2D eigenvalue weighted by molar-refractivity contribution is -0.126. The van der Waals surface area contributed by atoms with Gasteiger partial charge in [-0.3, -0.25) is 14.4 Å². The van der Waals surface area contributed by atoms with Gasteiger partial charge < -0.3 is 39.8 Å². The van der Waals surface area contributed by atoms with Crippen LogP contribution in [0.15, 0.2) is 47.9 Å². The normalized spacial score (nSPS) is 16.9. The van der Waals surface area contributed by atoms with E-state index in [-0.39, 0.29) is 35.6 Å². The fraction of sp³-hybridized carbons (Fsp3) is 0.394. The van der Waals surface area contributed by atoms with Crippen molar-refractivity contribution in [3.8, 4) is 11.5 Å². The maximum absolute atomic E-state index is 12.3. The number of carbonyl (C=O) groups excluding carboxylic acids is 4. The van der Waals surface area contributed by atoms with Gasteiger partial charge in [0, 0.05) is 46.2 Å². The molecular formula is C33H44N4O8. The first kappa shape index (κ1) is 36.2. The van der Waals surface area contributed by atoms with Gasteiger partial charge in [0.25, 0.3) is 11.8 Å². The molecule has 2 aliphatic rings. The quantitative estimate of drug-likeness (QED) is 0.455. The SMILES string of the molecule is CC(=O)N(C)C.COc1cc(C)ccc1C1=C(O)C(C)NC1=O.COc1cc(C)ccc1C1=C(OC(=O)N(C)C)C(C)NC1=O. The van der Waals surface area contributed by atoms with Gasteiger partial charge in [0.05, 0.1) is 37.4 Å². The van der Waals surface area contributed by atoms with Crippen molar-refractivity contribution >= 4 is 35.0 Å². The number of carbonyl (C=O) groups is 4. The van der Waals surface area contributed by atoms with Gasteiger partial charge in [0.15, 0.2) is 0 Å². The summed E-state index contributed by atoms with van der Waals surface area (Å²) in [6.45, 7) is 8.91. The van der Waals surface area contributed by atoms with Crippen LogP contribution in [-0.2, 0) is 19.1 Å². The number of amides is 4. The van der Waals surface area contributed by atoms with Crippen molar-refractivity contribution in [1.29, 1.82) is 0 Å². The number of aryl methyl sites for hydroxylation is 2. The van der Waals surface area contributed by atoms with Crippen LogP contribution in [0.3, 0.4) is 0 Å². The zero-order valence-electron chi connectivity index (χ0n) is 27.8. The summed E-state index contributed by atoms with van der Waals surface area (Å²) in [7, 11) is 9.71. The van der Waals surface area contributed by atoms with E-state index in [1.54, 1.807) is 68.4 Å². The highest BCUT2D eigenvalue weighted by Crippen LogP contribution is 2.35. The number of hydrogen-bond donors (Lipinski definition) is 3. The average Bonchev–Trinajstić information content (AvgIpc) is 3.40. The van der Waals surface area contributed by atoms with Gasteiger partial charge >= 0.3 is 6.09 Å². The van der Waals surface area contributed by atoms with Crippen molar-refractivity contribution in [3.05, 3.63) is 70.2 Å². The number of hydrogen-bond acceptors (Lipinski definition) is 8. The number of nitrogens with one attached hydrogen (secondary N) is 2. The molecule has 2 aromatic carbocycles. The smallest absolute Gasteiger partial charge is 0.414 e. The molecule has 2 unspecified atom stereocenters. The number of methoxy groups -OCH3 is 2. The predicted octanol–water partition coefficient (Wildman–Crippen LogP) is 3.82. The Bertz CT molecular complexity index is 1510. The molecule has 244 valence electrons. The van der Waals surface area contributed by atoms with Crippen LogP contribution in [0.5, 0.6) is 11.5 Å². The van der Waals surface area contributed by atoms with Crippen LogP contribution in [-0.4, -0.2) is 93.2 Å². The third kappa shape index (κ3) is 9.01. The van der Waals surface area contributed by atoms with Gasteiger partial charge in [-0.2, -0.15) is 0 Å². The van der Waals surface area contributed by atoms with Gasteiger partial charge in [0.1, 0.15) is 23.0 Å². The second-order valence-electron chi connectivity index (χ2n) is 11.0. The highest BCUT2D eigenvalue weighted by molar-refractivity contribution is 6.24. The molecule has 12 nitrogen and oxygen atoms in total. The summed E-state index contributed by atoms with van der Waals surface area (Å²) in [5.41, 5.74) is 3.92. The van der Waals surface area contributed by atoms with Crippen LogP contribution in [0.25, 0.3) is 11.1 Å². The monoisotopic (exact) mass is 624 g/mol. The van der Waals surface area contributed by atoms with Gasteiger partial charge in [-0.15, -0.1) is 0 Å². The Labute approximate surface area is 264 Å². The summed E-state index contributed by atoms with van der Waals surface area (Å²) in [6, 6.07) is 10.3. The van der Waals surface area contributed by atoms with Gasteiger partial charge in [-0.1, -0.05) is 24.3 Å². The van der Waals surface area contributed by atoms with Crippen molar-refractivity contribution in [1.82, 2.24) is 20.4 Å². The van der Waals surface area contributed by atoms with E-state index in [1.807, 2.05) is 38.1 Å². The molecule has 0 saturated heterocycles. The summed E-state index contributed by atoms with van der Waals surface area (Å²) in [5, 5.41) is 15.3. The number of aliphatic hydroxyl groups excluding tert-OH is 1. The second kappa shape index (κ2) is 15.6. The number of benzene rings is 2. The summed E-state index contributed by atoms with van der Waals surface area (Å²) < 4.78 is 16.0. The summed E-state index contributed by atoms with van der Waals surface area (Å²) in [5.74, 6) is 1.08. The van der Waals surface area contributed by atoms with Crippen LogP contribution in [0, 0.1) is 13.8 Å². The van der Waals surface area contributed by atoms with Crippen LogP contribution < -0.4 is 20.1 Å². The van der Waals surface area contributed by atoms with Crippen LogP contribution in [0.2, 0.25) is 0 Å². The maximum Gasteiger partial charge on any atom is 0.414 e. The van der Waals surface area contributed by atoms with E-state index in [4.69, 9.17) is 14.2 Å². The zero-order chi connectivity index (χ0) is 34.2. The van der Waals surface area contributed by atoms with Crippen LogP contribution in [0.4, 0.5) is 4.79 Å². The molecule has 0 aliphatic carbocycles. The van der Waals surface area contributed by atoms with Gasteiger partial charge in [0.2, 0.25) is 5.91 Å². The Hall–Kier alpha value is -5.00. The van der Waals surface area contributed by atoms with E-state index in [0.717, 1.165) is 11.1 Å². The topological polar surface area (TPSA) is 147 Å². The molecule has 0 radical (unpaired) electrons. The van der Waals surface area contributed by atoms with Crippen molar-refractivity contribution in [3.63, 3.8) is 0 Å². The molecule has 0 spiro atoms. The summed E-state index contributed by atoms with van der Waals surface area (Å²) in [4.78, 5) is 48.8. The third-order valence-electron chi connectivity index (χ3n) is 6.90. The Morgan fingerprint density at radius 1 is 0.756 bits per heavy atom. The summed E-state index contributed by atoms with van der Waals surface area (Å²) >= 11 is 0. The Balaban J connectivity index is 0.000000272. The van der Waals surface area contributed by atoms with Crippen molar-refractivity contribution in [2.75, 3.05) is 42.4 Å². The Kier molecular flexibility index (Phi) is 12.6. The van der Waals surface area contributed by atoms with E-state index in [9.17, 15) is 24.3 Å². The zero-order valence-corrected chi connectivity index (χ0v) is 27.8. The fourth-order valence-electron chi connectivity index (χ4n) is 4.18. The molecule has 4 amide bonds. The minimum absolute atomic E-state index is 0.0668. The molecule has 4 rings (SSSR count). The minimum Gasteiger partial charge on any atom is -0.509 e. The lowest BCUT2D eigenvalue weighted by Crippen LogP contribution is -2.29. The standard InChI is InChI=1S/C16H20N2O4.C13H15NO3.C4H9NO/c1-9-6-7-11(12(8-9)21-5)13-14(10(2)17-15(13)19)22-16(20)18(3)4;1-7-4-5-9(10(6-7)17-3)11-12(15)8(2)14-13(11)16;1-4(6)5(2)3/h6-8,10H,1-5H3,(H,17,19);4-6,8,15H,1-3H3,(H,14,16);1-3H3. The molecule has 0 bridgehead atoms.